The fourth-order valence-corrected chi connectivity index (χ4v) is 4.79. The number of anilines is 1. The number of hydrogen-bond donors (Lipinski definition) is 0. The third-order valence-corrected chi connectivity index (χ3v) is 6.73. The van der Waals surface area contributed by atoms with E-state index in [0.29, 0.717) is 13.1 Å². The Hall–Kier alpha value is -4.52. The van der Waals surface area contributed by atoms with Crippen LogP contribution in [0, 0.1) is 0 Å². The summed E-state index contributed by atoms with van der Waals surface area (Å²) < 4.78 is 1.81. The van der Waals surface area contributed by atoms with Gasteiger partial charge in [0.2, 0.25) is 0 Å². The number of piperazine rings is 1. The number of aryl methyl sites for hydroxylation is 1. The van der Waals surface area contributed by atoms with Crippen molar-refractivity contribution in [1.29, 1.82) is 0 Å². The first kappa shape index (κ1) is 22.0. The largest absolute Gasteiger partial charge is 0.353 e. The maximum absolute atomic E-state index is 12.8. The van der Waals surface area contributed by atoms with Gasteiger partial charge in [0.15, 0.2) is 0 Å². The van der Waals surface area contributed by atoms with E-state index in [0.717, 1.165) is 57.6 Å². The number of amides is 1. The molecule has 7 heteroatoms. The second-order valence-corrected chi connectivity index (χ2v) is 9.05. The monoisotopic (exact) mass is 474 g/mol. The van der Waals surface area contributed by atoms with Gasteiger partial charge in [0.25, 0.3) is 5.91 Å². The number of pyridine rings is 2. The highest BCUT2D eigenvalue weighted by Crippen LogP contribution is 2.33. The van der Waals surface area contributed by atoms with Crippen LogP contribution >= 0.6 is 0 Å². The fourth-order valence-electron chi connectivity index (χ4n) is 4.79. The molecule has 0 bridgehead atoms. The van der Waals surface area contributed by atoms with Crippen LogP contribution in [0.25, 0.3) is 33.2 Å². The molecule has 0 radical (unpaired) electrons. The van der Waals surface area contributed by atoms with Gasteiger partial charge in [-0.3, -0.25) is 14.5 Å². The Morgan fingerprint density at radius 1 is 0.806 bits per heavy atom. The molecule has 1 amide bonds. The Morgan fingerprint density at radius 3 is 2.36 bits per heavy atom. The predicted molar refractivity (Wildman–Crippen MR) is 142 cm³/mol. The highest BCUT2D eigenvalue weighted by Gasteiger charge is 2.23. The number of hydrogen-bond acceptors (Lipinski definition) is 5. The number of rotatable bonds is 4. The van der Waals surface area contributed by atoms with E-state index < -0.39 is 0 Å². The number of aromatic nitrogens is 4. The molecule has 0 spiro atoms. The van der Waals surface area contributed by atoms with Crippen LogP contribution in [-0.4, -0.2) is 56.7 Å². The zero-order valence-corrected chi connectivity index (χ0v) is 20.1. The predicted octanol–water partition coefficient (Wildman–Crippen LogP) is 4.66. The molecule has 1 aliphatic heterocycles. The summed E-state index contributed by atoms with van der Waals surface area (Å²) >= 11 is 0. The van der Waals surface area contributed by atoms with Crippen LogP contribution in [0.4, 0.5) is 5.82 Å². The molecule has 0 saturated carbocycles. The molecule has 1 saturated heterocycles. The van der Waals surface area contributed by atoms with Crippen molar-refractivity contribution >= 4 is 22.6 Å². The molecule has 7 nitrogen and oxygen atoms in total. The Morgan fingerprint density at radius 2 is 1.64 bits per heavy atom. The number of nitrogens with zero attached hydrogens (tertiary/aromatic N) is 6. The molecule has 2 aromatic carbocycles. The molecular formula is C29H26N6O. The summed E-state index contributed by atoms with van der Waals surface area (Å²) in [4.78, 5) is 26.3. The highest BCUT2D eigenvalue weighted by molar-refractivity contribution is 5.98. The lowest BCUT2D eigenvalue weighted by molar-refractivity contribution is 0.0746. The Labute approximate surface area is 209 Å². The Bertz CT molecular complexity index is 1520. The highest BCUT2D eigenvalue weighted by atomic mass is 16.2. The molecular weight excluding hydrogens is 448 g/mol. The zero-order valence-electron chi connectivity index (χ0n) is 20.1. The summed E-state index contributed by atoms with van der Waals surface area (Å²) in [5, 5.41) is 5.42. The van der Waals surface area contributed by atoms with Crippen LogP contribution < -0.4 is 4.90 Å². The molecule has 1 aliphatic rings. The fraction of sp³-hybridized carbons (Fsp3) is 0.172. The molecule has 4 heterocycles. The van der Waals surface area contributed by atoms with Crippen molar-refractivity contribution in [1.82, 2.24) is 24.6 Å². The second kappa shape index (κ2) is 9.26. The van der Waals surface area contributed by atoms with Crippen molar-refractivity contribution in [2.24, 2.45) is 7.05 Å². The van der Waals surface area contributed by atoms with Gasteiger partial charge >= 0.3 is 0 Å². The average Bonchev–Trinajstić information content (AvgIpc) is 3.39. The van der Waals surface area contributed by atoms with E-state index in [-0.39, 0.29) is 5.91 Å². The molecule has 3 aromatic heterocycles. The van der Waals surface area contributed by atoms with E-state index >= 15 is 0 Å². The van der Waals surface area contributed by atoms with E-state index in [9.17, 15) is 4.79 Å². The van der Waals surface area contributed by atoms with E-state index in [4.69, 9.17) is 4.98 Å². The van der Waals surface area contributed by atoms with Gasteiger partial charge in [0, 0.05) is 73.9 Å². The van der Waals surface area contributed by atoms with Crippen LogP contribution in [0.3, 0.4) is 0 Å². The van der Waals surface area contributed by atoms with Gasteiger partial charge in [-0.05, 0) is 53.6 Å². The number of carbonyl (C=O) groups is 1. The lowest BCUT2D eigenvalue weighted by atomic mass is 9.97. The minimum atomic E-state index is 0.0903. The van der Waals surface area contributed by atoms with Gasteiger partial charge in [-0.1, -0.05) is 24.3 Å². The summed E-state index contributed by atoms with van der Waals surface area (Å²) in [5.41, 5.74) is 5.95. The van der Waals surface area contributed by atoms with Crippen LogP contribution in [-0.2, 0) is 7.05 Å². The number of carbonyl (C=O) groups excluding carboxylic acids is 1. The van der Waals surface area contributed by atoms with Crippen LogP contribution in [0.1, 0.15) is 10.4 Å². The summed E-state index contributed by atoms with van der Waals surface area (Å²) in [6, 6.07) is 22.0. The van der Waals surface area contributed by atoms with E-state index in [1.54, 1.807) is 4.68 Å². The van der Waals surface area contributed by atoms with Gasteiger partial charge in [0.1, 0.15) is 5.82 Å². The molecule has 6 rings (SSSR count). The van der Waals surface area contributed by atoms with E-state index in [1.807, 2.05) is 73.1 Å². The van der Waals surface area contributed by atoms with Crippen molar-refractivity contribution in [3.63, 3.8) is 0 Å². The minimum Gasteiger partial charge on any atom is -0.353 e. The molecule has 0 N–H and O–H groups in total. The van der Waals surface area contributed by atoms with E-state index in [1.165, 1.54) is 0 Å². The summed E-state index contributed by atoms with van der Waals surface area (Å²) in [6.45, 7) is 2.88. The smallest absolute Gasteiger partial charge is 0.253 e. The van der Waals surface area contributed by atoms with Crippen molar-refractivity contribution in [2.75, 3.05) is 31.1 Å². The topological polar surface area (TPSA) is 67.2 Å². The summed E-state index contributed by atoms with van der Waals surface area (Å²) in [5.74, 6) is 1.02. The van der Waals surface area contributed by atoms with Crippen molar-refractivity contribution in [2.45, 2.75) is 0 Å². The SMILES string of the molecule is Cn1cc(-c2cc(-c3ccc(N4CCN(C(=O)c5ccccc5)CC4)nc3)c3cccnc3c2)cn1. The molecule has 1 fully saturated rings. The third-order valence-electron chi connectivity index (χ3n) is 6.73. The van der Waals surface area contributed by atoms with E-state index in [2.05, 4.69) is 45.3 Å². The van der Waals surface area contributed by atoms with Gasteiger partial charge in [-0.25, -0.2) is 4.98 Å². The first-order valence-electron chi connectivity index (χ1n) is 12.1. The summed E-state index contributed by atoms with van der Waals surface area (Å²) in [6.07, 6.45) is 7.64. The molecule has 0 unspecified atom stereocenters. The molecule has 36 heavy (non-hydrogen) atoms. The molecule has 0 aliphatic carbocycles. The van der Waals surface area contributed by atoms with Gasteiger partial charge in [0.05, 0.1) is 11.7 Å². The first-order chi connectivity index (χ1) is 17.7. The van der Waals surface area contributed by atoms with Crippen LogP contribution in [0.15, 0.2) is 91.5 Å². The van der Waals surface area contributed by atoms with Gasteiger partial charge in [-0.15, -0.1) is 0 Å². The maximum atomic E-state index is 12.8. The van der Waals surface area contributed by atoms with Crippen molar-refractivity contribution in [3.05, 3.63) is 97.1 Å². The minimum absolute atomic E-state index is 0.0903. The van der Waals surface area contributed by atoms with Crippen molar-refractivity contribution in [3.8, 4) is 22.3 Å². The van der Waals surface area contributed by atoms with Gasteiger partial charge in [-0.2, -0.15) is 5.10 Å². The lowest BCUT2D eigenvalue weighted by Crippen LogP contribution is -2.49. The normalized spacial score (nSPS) is 13.8. The van der Waals surface area contributed by atoms with Crippen molar-refractivity contribution < 1.29 is 4.79 Å². The Kier molecular flexibility index (Phi) is 5.65. The average molecular weight is 475 g/mol. The van der Waals surface area contributed by atoms with Crippen LogP contribution in [0.2, 0.25) is 0 Å². The zero-order chi connectivity index (χ0) is 24.5. The molecule has 178 valence electrons. The second-order valence-electron chi connectivity index (χ2n) is 9.05. The third kappa shape index (κ3) is 4.20. The molecule has 0 atom stereocenters. The quantitative estimate of drug-likeness (QED) is 0.379. The lowest BCUT2D eigenvalue weighted by Gasteiger charge is -2.35. The number of benzene rings is 2. The van der Waals surface area contributed by atoms with Crippen LogP contribution in [0.5, 0.6) is 0 Å². The summed E-state index contributed by atoms with van der Waals surface area (Å²) in [7, 11) is 1.92. The first-order valence-corrected chi connectivity index (χ1v) is 12.1. The number of fused-ring (bicyclic) bond motifs is 1. The molecule has 5 aromatic rings. The standard InChI is InChI=1S/C29H26N6O/c1-33-20-24(19-32-33)23-16-26(25-8-5-11-30-27(25)17-23)22-9-10-28(31-18-22)34-12-14-35(15-13-34)29(36)21-6-3-2-4-7-21/h2-11,16-20H,12-15H2,1H3. The van der Waals surface area contributed by atoms with Gasteiger partial charge < -0.3 is 9.80 Å². The maximum Gasteiger partial charge on any atom is 0.253 e. The Balaban J connectivity index is 1.23.